The molecular weight excluding hydrogens is 290 g/mol. The predicted octanol–water partition coefficient (Wildman–Crippen LogP) is 3.31. The second kappa shape index (κ2) is 6.07. The molecule has 1 aromatic carbocycles. The molecule has 0 bridgehead atoms. The van der Waals surface area contributed by atoms with E-state index in [1.54, 1.807) is 19.1 Å². The molecule has 1 aromatic heterocycles. The smallest absolute Gasteiger partial charge is 0.231 e. The Kier molecular flexibility index (Phi) is 4.11. The lowest BCUT2D eigenvalue weighted by molar-refractivity contribution is -0.119. The van der Waals surface area contributed by atoms with Crippen LogP contribution in [-0.2, 0) is 4.79 Å². The molecule has 2 aromatic rings. The minimum atomic E-state index is 0.0487. The highest BCUT2D eigenvalue weighted by Gasteiger charge is 2.45. The summed E-state index contributed by atoms with van der Waals surface area (Å²) in [7, 11) is 3.45. The van der Waals surface area contributed by atoms with E-state index in [1.165, 1.54) is 5.56 Å². The standard InChI is InChI=1S/C18H23N3O2/c1-11(2)16-10-17(20-19-16)21(3)18(22)15-9-14(15)12-5-7-13(23-4)8-6-12/h5-8,10-11,14-15H,9H2,1-4H3,(H,19,20)/t14-,15+/m0/s1. The molecule has 0 unspecified atom stereocenters. The summed E-state index contributed by atoms with van der Waals surface area (Å²) in [5.41, 5.74) is 2.24. The molecule has 1 saturated carbocycles. The number of nitrogens with zero attached hydrogens (tertiary/aromatic N) is 2. The monoisotopic (exact) mass is 313 g/mol. The first-order chi connectivity index (χ1) is 11.0. The molecule has 5 nitrogen and oxygen atoms in total. The number of anilines is 1. The minimum Gasteiger partial charge on any atom is -0.497 e. The molecule has 0 aliphatic heterocycles. The SMILES string of the molecule is COc1ccc([C@@H]2C[C@H]2C(=O)N(C)c2cc(C(C)C)[nH]n2)cc1. The van der Waals surface area contributed by atoms with Crippen LogP contribution >= 0.6 is 0 Å². The molecular formula is C18H23N3O2. The van der Waals surface area contributed by atoms with Crippen molar-refractivity contribution in [1.29, 1.82) is 0 Å². The Morgan fingerprint density at radius 1 is 1.35 bits per heavy atom. The van der Waals surface area contributed by atoms with Crippen molar-refractivity contribution in [3.63, 3.8) is 0 Å². The van der Waals surface area contributed by atoms with Gasteiger partial charge in [0, 0.05) is 24.7 Å². The molecule has 1 N–H and O–H groups in total. The Labute approximate surface area is 136 Å². The number of amides is 1. The van der Waals surface area contributed by atoms with Crippen molar-refractivity contribution < 1.29 is 9.53 Å². The molecule has 1 heterocycles. The van der Waals surface area contributed by atoms with Crippen LogP contribution in [0, 0.1) is 5.92 Å². The zero-order valence-corrected chi connectivity index (χ0v) is 14.0. The van der Waals surface area contributed by atoms with Gasteiger partial charge in [0.05, 0.1) is 7.11 Å². The van der Waals surface area contributed by atoms with Gasteiger partial charge in [0.15, 0.2) is 5.82 Å². The van der Waals surface area contributed by atoms with E-state index < -0.39 is 0 Å². The first-order valence-corrected chi connectivity index (χ1v) is 7.98. The van der Waals surface area contributed by atoms with Gasteiger partial charge in [-0.1, -0.05) is 26.0 Å². The van der Waals surface area contributed by atoms with Gasteiger partial charge >= 0.3 is 0 Å². The first kappa shape index (κ1) is 15.6. The summed E-state index contributed by atoms with van der Waals surface area (Å²) in [6.07, 6.45) is 0.900. The normalized spacial score (nSPS) is 19.7. The van der Waals surface area contributed by atoms with Gasteiger partial charge < -0.3 is 4.74 Å². The maximum atomic E-state index is 12.6. The van der Waals surface area contributed by atoms with Gasteiger partial charge in [0.1, 0.15) is 5.75 Å². The number of hydrogen-bond donors (Lipinski definition) is 1. The van der Waals surface area contributed by atoms with Crippen molar-refractivity contribution in [3.8, 4) is 5.75 Å². The van der Waals surface area contributed by atoms with Crippen LogP contribution < -0.4 is 9.64 Å². The third-order valence-electron chi connectivity index (χ3n) is 4.53. The van der Waals surface area contributed by atoms with E-state index in [0.29, 0.717) is 17.7 Å². The number of ether oxygens (including phenoxy) is 1. The van der Waals surface area contributed by atoms with E-state index >= 15 is 0 Å². The summed E-state index contributed by atoms with van der Waals surface area (Å²) in [6, 6.07) is 9.93. The van der Waals surface area contributed by atoms with Crippen molar-refractivity contribution in [2.45, 2.75) is 32.1 Å². The third-order valence-corrected chi connectivity index (χ3v) is 4.53. The molecule has 0 spiro atoms. The van der Waals surface area contributed by atoms with E-state index in [9.17, 15) is 4.79 Å². The van der Waals surface area contributed by atoms with Crippen LogP contribution in [0.4, 0.5) is 5.82 Å². The van der Waals surface area contributed by atoms with Crippen LogP contribution in [0.15, 0.2) is 30.3 Å². The first-order valence-electron chi connectivity index (χ1n) is 7.98. The molecule has 1 fully saturated rings. The van der Waals surface area contributed by atoms with Gasteiger partial charge in [-0.25, -0.2) is 0 Å². The summed E-state index contributed by atoms with van der Waals surface area (Å²) >= 11 is 0. The average Bonchev–Trinajstić information content (AvgIpc) is 3.20. The van der Waals surface area contributed by atoms with Gasteiger partial charge in [0.2, 0.25) is 5.91 Å². The Morgan fingerprint density at radius 2 is 2.04 bits per heavy atom. The average molecular weight is 313 g/mol. The number of aromatic amines is 1. The molecule has 23 heavy (non-hydrogen) atoms. The van der Waals surface area contributed by atoms with Crippen LogP contribution in [0.3, 0.4) is 0 Å². The Bertz CT molecular complexity index is 691. The summed E-state index contributed by atoms with van der Waals surface area (Å²) in [5.74, 6) is 2.39. The van der Waals surface area contributed by atoms with Crippen LogP contribution in [0.5, 0.6) is 5.75 Å². The predicted molar refractivity (Wildman–Crippen MR) is 89.9 cm³/mol. The lowest BCUT2D eigenvalue weighted by Crippen LogP contribution is -2.28. The van der Waals surface area contributed by atoms with Crippen molar-refractivity contribution >= 4 is 11.7 Å². The second-order valence-corrected chi connectivity index (χ2v) is 6.46. The summed E-state index contributed by atoms with van der Waals surface area (Å²) in [5, 5.41) is 7.25. The van der Waals surface area contributed by atoms with Crippen molar-refractivity contribution in [1.82, 2.24) is 10.2 Å². The number of carbonyl (C=O) groups is 1. The highest BCUT2D eigenvalue weighted by molar-refractivity contribution is 5.96. The molecule has 2 atom stereocenters. The van der Waals surface area contributed by atoms with Gasteiger partial charge in [-0.2, -0.15) is 5.10 Å². The number of benzene rings is 1. The number of aromatic nitrogens is 2. The van der Waals surface area contributed by atoms with E-state index in [1.807, 2.05) is 30.3 Å². The fraction of sp³-hybridized carbons (Fsp3) is 0.444. The molecule has 122 valence electrons. The van der Waals surface area contributed by atoms with Crippen LogP contribution in [0.1, 0.15) is 43.4 Å². The van der Waals surface area contributed by atoms with Gasteiger partial charge in [-0.15, -0.1) is 0 Å². The lowest BCUT2D eigenvalue weighted by atomic mass is 10.1. The summed E-state index contributed by atoms with van der Waals surface area (Å²) in [4.78, 5) is 14.3. The van der Waals surface area contributed by atoms with Gasteiger partial charge in [-0.05, 0) is 36.0 Å². The number of rotatable bonds is 5. The number of H-pyrrole nitrogens is 1. The maximum absolute atomic E-state index is 12.6. The fourth-order valence-corrected chi connectivity index (χ4v) is 2.84. The van der Waals surface area contributed by atoms with Crippen molar-refractivity contribution in [3.05, 3.63) is 41.6 Å². The maximum Gasteiger partial charge on any atom is 0.231 e. The summed E-state index contributed by atoms with van der Waals surface area (Å²) < 4.78 is 5.17. The fourth-order valence-electron chi connectivity index (χ4n) is 2.84. The topological polar surface area (TPSA) is 58.2 Å². The number of hydrogen-bond acceptors (Lipinski definition) is 3. The molecule has 1 aliphatic carbocycles. The molecule has 5 heteroatoms. The van der Waals surface area contributed by atoms with Crippen molar-refractivity contribution in [2.75, 3.05) is 19.1 Å². The quantitative estimate of drug-likeness (QED) is 0.921. The van der Waals surface area contributed by atoms with E-state index in [2.05, 4.69) is 24.0 Å². The molecule has 3 rings (SSSR count). The molecule has 1 amide bonds. The zero-order valence-electron chi connectivity index (χ0n) is 14.0. The molecule has 0 radical (unpaired) electrons. The van der Waals surface area contributed by atoms with Crippen molar-refractivity contribution in [2.24, 2.45) is 5.92 Å². The highest BCUT2D eigenvalue weighted by Crippen LogP contribution is 2.48. The zero-order chi connectivity index (χ0) is 16.6. The van der Waals surface area contributed by atoms with Crippen LogP contribution in [0.2, 0.25) is 0 Å². The van der Waals surface area contributed by atoms with Gasteiger partial charge in [0.25, 0.3) is 0 Å². The van der Waals surface area contributed by atoms with Crippen LogP contribution in [-0.4, -0.2) is 30.3 Å². The number of carbonyl (C=O) groups excluding carboxylic acids is 1. The van der Waals surface area contributed by atoms with E-state index in [4.69, 9.17) is 4.74 Å². The molecule has 1 aliphatic rings. The second-order valence-electron chi connectivity index (χ2n) is 6.46. The summed E-state index contributed by atoms with van der Waals surface area (Å²) in [6.45, 7) is 4.19. The van der Waals surface area contributed by atoms with E-state index in [-0.39, 0.29) is 11.8 Å². The molecule has 0 saturated heterocycles. The van der Waals surface area contributed by atoms with Crippen LogP contribution in [0.25, 0.3) is 0 Å². The Morgan fingerprint density at radius 3 is 2.61 bits per heavy atom. The Balaban J connectivity index is 1.66. The minimum absolute atomic E-state index is 0.0487. The lowest BCUT2D eigenvalue weighted by Gasteiger charge is -2.14. The van der Waals surface area contributed by atoms with Gasteiger partial charge in [-0.3, -0.25) is 14.8 Å². The third kappa shape index (κ3) is 3.09. The largest absolute Gasteiger partial charge is 0.497 e. The number of methoxy groups -OCH3 is 1. The highest BCUT2D eigenvalue weighted by atomic mass is 16.5. The van der Waals surface area contributed by atoms with E-state index in [0.717, 1.165) is 17.9 Å². The number of nitrogens with one attached hydrogen (secondary N) is 1. The Hall–Kier alpha value is -2.30.